The Kier molecular flexibility index (Phi) is 7.08. The number of methoxy groups -OCH3 is 1. The summed E-state index contributed by atoms with van der Waals surface area (Å²) in [7, 11) is 3.14. The van der Waals surface area contributed by atoms with Crippen molar-refractivity contribution in [2.75, 3.05) is 26.0 Å². The summed E-state index contributed by atoms with van der Waals surface area (Å²) in [5, 5.41) is 16.4. The minimum atomic E-state index is -0.551. The summed E-state index contributed by atoms with van der Waals surface area (Å²) in [4.78, 5) is 35.6. The highest BCUT2D eigenvalue weighted by molar-refractivity contribution is 5.95. The van der Waals surface area contributed by atoms with Crippen LogP contribution in [0.1, 0.15) is 27.7 Å². The smallest absolute Gasteiger partial charge is 0.282 e. The zero-order valence-electron chi connectivity index (χ0n) is 16.0. The van der Waals surface area contributed by atoms with Crippen LogP contribution in [-0.2, 0) is 9.59 Å². The van der Waals surface area contributed by atoms with E-state index in [-0.39, 0.29) is 35.3 Å². The summed E-state index contributed by atoms with van der Waals surface area (Å²) in [6.45, 7) is 7.44. The predicted octanol–water partition coefficient (Wildman–Crippen LogP) is 0.360. The number of non-ortho nitro benzene ring substituents is 1. The number of nitro groups is 1. The normalized spacial score (nSPS) is 13.5. The van der Waals surface area contributed by atoms with Crippen molar-refractivity contribution in [2.24, 2.45) is 0 Å². The van der Waals surface area contributed by atoms with Gasteiger partial charge < -0.3 is 20.3 Å². The van der Waals surface area contributed by atoms with Gasteiger partial charge >= 0.3 is 0 Å². The number of nitrogens with one attached hydrogen (secondary N) is 3. The van der Waals surface area contributed by atoms with E-state index in [1.807, 2.05) is 20.8 Å². The van der Waals surface area contributed by atoms with E-state index >= 15 is 0 Å². The van der Waals surface area contributed by atoms with Gasteiger partial charge in [0.1, 0.15) is 5.75 Å². The second kappa shape index (κ2) is 8.61. The molecule has 0 aliphatic heterocycles. The molecule has 0 heterocycles. The lowest BCUT2D eigenvalue weighted by molar-refractivity contribution is -0.885. The van der Waals surface area contributed by atoms with Crippen molar-refractivity contribution in [3.8, 4) is 5.75 Å². The summed E-state index contributed by atoms with van der Waals surface area (Å²) < 4.78 is 5.13. The molecule has 3 N–H and O–H groups in total. The Morgan fingerprint density at radius 3 is 2.46 bits per heavy atom. The van der Waals surface area contributed by atoms with E-state index < -0.39 is 11.0 Å². The lowest BCUT2D eigenvalue weighted by Gasteiger charge is -2.24. The summed E-state index contributed by atoms with van der Waals surface area (Å²) in [6, 6.07) is 3.41. The maximum absolute atomic E-state index is 12.5. The fraction of sp³-hybridized carbons (Fsp3) is 0.529. The van der Waals surface area contributed by atoms with Crippen LogP contribution >= 0.6 is 0 Å². The number of benzene rings is 1. The molecule has 2 amide bonds. The fourth-order valence-corrected chi connectivity index (χ4v) is 2.24. The molecular weight excluding hydrogens is 340 g/mol. The number of hydrogen-bond donors (Lipinski definition) is 3. The Morgan fingerprint density at radius 1 is 1.35 bits per heavy atom. The molecule has 0 fully saturated rings. The van der Waals surface area contributed by atoms with Crippen LogP contribution in [0.5, 0.6) is 5.75 Å². The van der Waals surface area contributed by atoms with Gasteiger partial charge in [-0.05, 0) is 33.8 Å². The van der Waals surface area contributed by atoms with E-state index in [0.29, 0.717) is 10.6 Å². The summed E-state index contributed by atoms with van der Waals surface area (Å²) >= 11 is 0. The number of hydrogen-bond acceptors (Lipinski definition) is 5. The van der Waals surface area contributed by atoms with Gasteiger partial charge in [-0.15, -0.1) is 0 Å². The second-order valence-corrected chi connectivity index (χ2v) is 7.17. The molecule has 1 unspecified atom stereocenters. The van der Waals surface area contributed by atoms with Gasteiger partial charge in [0.15, 0.2) is 12.6 Å². The van der Waals surface area contributed by atoms with E-state index in [4.69, 9.17) is 4.74 Å². The Balaban J connectivity index is 2.82. The number of amides is 2. The van der Waals surface area contributed by atoms with Gasteiger partial charge in [-0.2, -0.15) is 0 Å². The minimum Gasteiger partial charge on any atom is -0.495 e. The number of rotatable bonds is 7. The molecule has 0 aromatic heterocycles. The topological polar surface area (TPSA) is 115 Å². The number of likely N-dealkylation sites (N-methyl/N-ethyl adjacent to an activating group) is 1. The molecule has 0 aliphatic rings. The molecule has 0 saturated heterocycles. The van der Waals surface area contributed by atoms with Crippen molar-refractivity contribution in [3.63, 3.8) is 0 Å². The lowest BCUT2D eigenvalue weighted by atomic mass is 10.1. The Hall–Kier alpha value is -2.68. The molecule has 0 radical (unpaired) electrons. The molecule has 1 aromatic rings. The average molecular weight is 367 g/mol. The zero-order valence-corrected chi connectivity index (χ0v) is 16.0. The van der Waals surface area contributed by atoms with Crippen LogP contribution in [0.15, 0.2) is 18.2 Å². The van der Waals surface area contributed by atoms with Gasteiger partial charge in [0.25, 0.3) is 17.5 Å². The number of anilines is 1. The molecule has 0 saturated carbocycles. The maximum Gasteiger partial charge on any atom is 0.282 e. The first-order valence-corrected chi connectivity index (χ1v) is 8.21. The van der Waals surface area contributed by atoms with Crippen molar-refractivity contribution < 1.29 is 24.1 Å². The second-order valence-electron chi connectivity index (χ2n) is 7.17. The Bertz CT molecular complexity index is 684. The van der Waals surface area contributed by atoms with Gasteiger partial charge in [0.2, 0.25) is 0 Å². The zero-order chi connectivity index (χ0) is 20.1. The highest BCUT2D eigenvalue weighted by Crippen LogP contribution is 2.28. The molecule has 0 spiro atoms. The molecule has 1 rings (SSSR count). The van der Waals surface area contributed by atoms with E-state index in [9.17, 15) is 19.7 Å². The van der Waals surface area contributed by atoms with Crippen LogP contribution in [0.2, 0.25) is 0 Å². The average Bonchev–Trinajstić information content (AvgIpc) is 2.51. The molecule has 0 aliphatic carbocycles. The van der Waals surface area contributed by atoms with Gasteiger partial charge in [0, 0.05) is 17.7 Å². The van der Waals surface area contributed by atoms with Crippen LogP contribution in [-0.4, -0.2) is 49.0 Å². The van der Waals surface area contributed by atoms with Gasteiger partial charge in [-0.3, -0.25) is 19.7 Å². The summed E-state index contributed by atoms with van der Waals surface area (Å²) in [6.07, 6.45) is 0. The number of carbonyl (C=O) groups excluding carboxylic acids is 2. The van der Waals surface area contributed by atoms with Crippen LogP contribution < -0.4 is 20.3 Å². The molecule has 2 atom stereocenters. The first-order chi connectivity index (χ1) is 11.9. The standard InChI is InChI=1S/C17H26N4O5/c1-11(20(5)10-15(22)19-17(2,3)4)16(23)18-13-9-12(21(24)25)7-8-14(13)26-6/h7-9,11H,10H2,1-6H3,(H,18,23)(H,19,22)/p+1/t11-/m0/s1. The van der Waals surface area contributed by atoms with Crippen molar-refractivity contribution >= 4 is 23.2 Å². The molecule has 9 heteroatoms. The van der Waals surface area contributed by atoms with Crippen LogP contribution in [0.25, 0.3) is 0 Å². The predicted molar refractivity (Wildman–Crippen MR) is 97.4 cm³/mol. The maximum atomic E-state index is 12.5. The van der Waals surface area contributed by atoms with Crippen molar-refractivity contribution in [3.05, 3.63) is 28.3 Å². The van der Waals surface area contributed by atoms with Crippen LogP contribution in [0.3, 0.4) is 0 Å². The third-order valence-corrected chi connectivity index (χ3v) is 3.74. The third kappa shape index (κ3) is 6.32. The number of nitro benzene ring substituents is 1. The number of carbonyl (C=O) groups is 2. The molecule has 9 nitrogen and oxygen atoms in total. The fourth-order valence-electron chi connectivity index (χ4n) is 2.24. The van der Waals surface area contributed by atoms with Crippen LogP contribution in [0, 0.1) is 10.1 Å². The molecule has 144 valence electrons. The monoisotopic (exact) mass is 367 g/mol. The SMILES string of the molecule is COc1ccc([N+](=O)[O-])cc1NC(=O)[C@H](C)[NH+](C)CC(=O)NC(C)(C)C. The van der Waals surface area contributed by atoms with Crippen molar-refractivity contribution in [1.29, 1.82) is 0 Å². The number of ether oxygens (including phenoxy) is 1. The number of nitrogens with zero attached hydrogens (tertiary/aromatic N) is 1. The first-order valence-electron chi connectivity index (χ1n) is 8.21. The quantitative estimate of drug-likeness (QED) is 0.475. The molecular formula is C17H27N4O5+. The van der Waals surface area contributed by atoms with Crippen molar-refractivity contribution in [1.82, 2.24) is 5.32 Å². The van der Waals surface area contributed by atoms with Gasteiger partial charge in [-0.25, -0.2) is 0 Å². The van der Waals surface area contributed by atoms with E-state index in [2.05, 4.69) is 10.6 Å². The highest BCUT2D eigenvalue weighted by atomic mass is 16.6. The van der Waals surface area contributed by atoms with Crippen molar-refractivity contribution in [2.45, 2.75) is 39.3 Å². The minimum absolute atomic E-state index is 0.123. The lowest BCUT2D eigenvalue weighted by Crippen LogP contribution is -3.15. The highest BCUT2D eigenvalue weighted by Gasteiger charge is 2.26. The molecule has 26 heavy (non-hydrogen) atoms. The summed E-state index contributed by atoms with van der Waals surface area (Å²) in [5.74, 6) is -0.216. The molecule has 1 aromatic carbocycles. The van der Waals surface area contributed by atoms with Gasteiger partial charge in [-0.1, -0.05) is 0 Å². The molecule has 0 bridgehead atoms. The number of quaternary nitrogens is 1. The Labute approximate surface area is 152 Å². The van der Waals surface area contributed by atoms with Gasteiger partial charge in [0.05, 0.1) is 24.8 Å². The summed E-state index contributed by atoms with van der Waals surface area (Å²) in [5.41, 5.74) is -0.288. The van der Waals surface area contributed by atoms with E-state index in [0.717, 1.165) is 0 Å². The first kappa shape index (κ1) is 21.4. The largest absolute Gasteiger partial charge is 0.495 e. The third-order valence-electron chi connectivity index (χ3n) is 3.74. The Morgan fingerprint density at radius 2 is 1.96 bits per heavy atom. The van der Waals surface area contributed by atoms with E-state index in [1.54, 1.807) is 14.0 Å². The van der Waals surface area contributed by atoms with Crippen LogP contribution in [0.4, 0.5) is 11.4 Å². The van der Waals surface area contributed by atoms with E-state index in [1.165, 1.54) is 25.3 Å².